The highest BCUT2D eigenvalue weighted by Crippen LogP contribution is 2.26. The topological polar surface area (TPSA) is 53.6 Å². The van der Waals surface area contributed by atoms with Gasteiger partial charge in [-0.2, -0.15) is 0 Å². The summed E-state index contributed by atoms with van der Waals surface area (Å²) in [5, 5.41) is 6.48. The van der Waals surface area contributed by atoms with Gasteiger partial charge in [0.25, 0.3) is 5.91 Å². The lowest BCUT2D eigenvalue weighted by Crippen LogP contribution is -2.58. The quantitative estimate of drug-likeness (QED) is 0.873. The molecular formula is C19H28FN3O2. The summed E-state index contributed by atoms with van der Waals surface area (Å²) in [5.74, 6) is -0.213. The maximum absolute atomic E-state index is 13.4. The largest absolute Gasteiger partial charge is 0.369 e. The van der Waals surface area contributed by atoms with Crippen LogP contribution >= 0.6 is 0 Å². The van der Waals surface area contributed by atoms with Crippen molar-refractivity contribution in [3.8, 4) is 0 Å². The van der Waals surface area contributed by atoms with E-state index in [1.165, 1.54) is 6.07 Å². The lowest BCUT2D eigenvalue weighted by atomic mass is 9.90. The number of rotatable bonds is 4. The van der Waals surface area contributed by atoms with Crippen molar-refractivity contribution in [2.45, 2.75) is 44.2 Å². The van der Waals surface area contributed by atoms with E-state index in [0.717, 1.165) is 50.3 Å². The van der Waals surface area contributed by atoms with Crippen LogP contribution in [0.1, 0.15) is 31.2 Å². The average molecular weight is 349 g/mol. The first-order chi connectivity index (χ1) is 12.0. The number of aryl methyl sites for hydroxylation is 1. The van der Waals surface area contributed by atoms with E-state index in [1.807, 2.05) is 13.0 Å². The van der Waals surface area contributed by atoms with Crippen molar-refractivity contribution in [2.75, 3.05) is 38.2 Å². The van der Waals surface area contributed by atoms with E-state index in [2.05, 4.69) is 15.5 Å². The van der Waals surface area contributed by atoms with Crippen LogP contribution in [0.15, 0.2) is 18.2 Å². The third-order valence-corrected chi connectivity index (χ3v) is 5.47. The van der Waals surface area contributed by atoms with Gasteiger partial charge < -0.3 is 20.3 Å². The number of methoxy groups -OCH3 is 1. The second kappa shape index (κ2) is 7.70. The van der Waals surface area contributed by atoms with Gasteiger partial charge in [0.1, 0.15) is 11.4 Å². The fourth-order valence-corrected chi connectivity index (χ4v) is 3.96. The van der Waals surface area contributed by atoms with E-state index in [9.17, 15) is 9.18 Å². The number of carbonyl (C=O) groups excluding carboxylic acids is 1. The molecule has 138 valence electrons. The van der Waals surface area contributed by atoms with Gasteiger partial charge in [0.15, 0.2) is 0 Å². The summed E-state index contributed by atoms with van der Waals surface area (Å²) < 4.78 is 19.0. The van der Waals surface area contributed by atoms with E-state index >= 15 is 0 Å². The molecule has 2 aliphatic heterocycles. The number of nitrogens with zero attached hydrogens (tertiary/aromatic N) is 1. The molecule has 1 unspecified atom stereocenters. The molecule has 0 bridgehead atoms. The molecule has 6 heteroatoms. The summed E-state index contributed by atoms with van der Waals surface area (Å²) in [4.78, 5) is 15.1. The SMILES string of the molecule is COC1(C(=O)NC2CCCN(c3ccc(F)cc3C)C2)CCNCC1. The molecule has 5 nitrogen and oxygen atoms in total. The zero-order valence-corrected chi connectivity index (χ0v) is 15.1. The predicted octanol–water partition coefficient (Wildman–Crippen LogP) is 1.99. The molecule has 2 heterocycles. The van der Waals surface area contributed by atoms with Crippen LogP contribution in [0.2, 0.25) is 0 Å². The van der Waals surface area contributed by atoms with E-state index < -0.39 is 5.60 Å². The van der Waals surface area contributed by atoms with Crippen molar-refractivity contribution >= 4 is 11.6 Å². The summed E-state index contributed by atoms with van der Waals surface area (Å²) >= 11 is 0. The molecule has 2 N–H and O–H groups in total. The van der Waals surface area contributed by atoms with E-state index in [-0.39, 0.29) is 17.8 Å². The molecule has 0 aromatic heterocycles. The van der Waals surface area contributed by atoms with Gasteiger partial charge in [0, 0.05) is 31.9 Å². The maximum Gasteiger partial charge on any atom is 0.252 e. The Bertz CT molecular complexity index is 617. The summed E-state index contributed by atoms with van der Waals surface area (Å²) in [7, 11) is 1.62. The zero-order valence-electron chi connectivity index (χ0n) is 15.1. The smallest absolute Gasteiger partial charge is 0.252 e. The Kier molecular flexibility index (Phi) is 5.59. The molecule has 0 saturated carbocycles. The van der Waals surface area contributed by atoms with Crippen LogP contribution in [0.4, 0.5) is 10.1 Å². The van der Waals surface area contributed by atoms with Gasteiger partial charge in [-0.15, -0.1) is 0 Å². The Hall–Kier alpha value is -1.66. The molecule has 0 aliphatic carbocycles. The van der Waals surface area contributed by atoms with Crippen molar-refractivity contribution in [3.05, 3.63) is 29.6 Å². The van der Waals surface area contributed by atoms with Gasteiger partial charge in [-0.05, 0) is 69.5 Å². The van der Waals surface area contributed by atoms with Crippen molar-refractivity contribution in [1.29, 1.82) is 0 Å². The van der Waals surface area contributed by atoms with Crippen molar-refractivity contribution in [2.24, 2.45) is 0 Å². The van der Waals surface area contributed by atoms with E-state index in [4.69, 9.17) is 4.74 Å². The third-order valence-electron chi connectivity index (χ3n) is 5.47. The molecule has 1 aromatic carbocycles. The minimum atomic E-state index is -0.709. The number of anilines is 1. The van der Waals surface area contributed by atoms with Crippen LogP contribution in [-0.4, -0.2) is 50.8 Å². The van der Waals surface area contributed by atoms with Crippen LogP contribution in [0.25, 0.3) is 0 Å². The number of halogens is 1. The molecule has 0 radical (unpaired) electrons. The van der Waals surface area contributed by atoms with Crippen LogP contribution < -0.4 is 15.5 Å². The normalized spacial score (nSPS) is 23.3. The van der Waals surface area contributed by atoms with Crippen molar-refractivity contribution in [1.82, 2.24) is 10.6 Å². The lowest BCUT2D eigenvalue weighted by molar-refractivity contribution is -0.147. The number of hydrogen-bond donors (Lipinski definition) is 2. The first-order valence-electron chi connectivity index (χ1n) is 9.12. The molecule has 2 fully saturated rings. The Morgan fingerprint density at radius 1 is 1.40 bits per heavy atom. The first-order valence-corrected chi connectivity index (χ1v) is 9.12. The molecule has 2 aliphatic rings. The van der Waals surface area contributed by atoms with Crippen molar-refractivity contribution < 1.29 is 13.9 Å². The van der Waals surface area contributed by atoms with Gasteiger partial charge in [0.05, 0.1) is 0 Å². The second-order valence-electron chi connectivity index (χ2n) is 7.14. The number of hydrogen-bond acceptors (Lipinski definition) is 4. The number of nitrogens with one attached hydrogen (secondary N) is 2. The molecule has 1 atom stereocenters. The number of carbonyl (C=O) groups is 1. The van der Waals surface area contributed by atoms with Gasteiger partial charge in [-0.3, -0.25) is 4.79 Å². The first kappa shape index (κ1) is 18.1. The molecule has 1 amide bonds. The van der Waals surface area contributed by atoms with Crippen molar-refractivity contribution in [3.63, 3.8) is 0 Å². The van der Waals surface area contributed by atoms with Gasteiger partial charge in [0.2, 0.25) is 0 Å². The standard InChI is InChI=1S/C19H28FN3O2/c1-14-12-15(20)5-6-17(14)23-11-3-4-16(13-23)22-18(24)19(25-2)7-9-21-10-8-19/h5-6,12,16,21H,3-4,7-11,13H2,1-2H3,(H,22,24). The minimum absolute atomic E-state index is 0.000761. The van der Waals surface area contributed by atoms with E-state index in [1.54, 1.807) is 13.2 Å². The van der Waals surface area contributed by atoms with Gasteiger partial charge >= 0.3 is 0 Å². The monoisotopic (exact) mass is 349 g/mol. The lowest BCUT2D eigenvalue weighted by Gasteiger charge is -2.39. The Labute approximate surface area is 148 Å². The molecule has 1 aromatic rings. The van der Waals surface area contributed by atoms with E-state index in [0.29, 0.717) is 12.8 Å². The van der Waals surface area contributed by atoms with Gasteiger partial charge in [-0.25, -0.2) is 4.39 Å². The number of benzene rings is 1. The van der Waals surface area contributed by atoms with Crippen LogP contribution in [0.3, 0.4) is 0 Å². The molecule has 0 spiro atoms. The summed E-state index contributed by atoms with van der Waals surface area (Å²) in [5.41, 5.74) is 1.27. The maximum atomic E-state index is 13.4. The molecule has 2 saturated heterocycles. The summed E-state index contributed by atoms with van der Waals surface area (Å²) in [6.45, 7) is 5.20. The Morgan fingerprint density at radius 3 is 2.84 bits per heavy atom. The fraction of sp³-hybridized carbons (Fsp3) is 0.632. The molecular weight excluding hydrogens is 321 g/mol. The highest BCUT2D eigenvalue weighted by Gasteiger charge is 2.40. The zero-order chi connectivity index (χ0) is 17.9. The molecule has 25 heavy (non-hydrogen) atoms. The number of ether oxygens (including phenoxy) is 1. The average Bonchev–Trinajstić information content (AvgIpc) is 2.62. The summed E-state index contributed by atoms with van der Waals surface area (Å²) in [6.07, 6.45) is 3.36. The second-order valence-corrected chi connectivity index (χ2v) is 7.14. The van der Waals surface area contributed by atoms with Crippen LogP contribution in [0, 0.1) is 12.7 Å². The Morgan fingerprint density at radius 2 is 2.16 bits per heavy atom. The fourth-order valence-electron chi connectivity index (χ4n) is 3.96. The molecule has 3 rings (SSSR count). The highest BCUT2D eigenvalue weighted by atomic mass is 19.1. The predicted molar refractivity (Wildman–Crippen MR) is 96.4 cm³/mol. The third kappa shape index (κ3) is 3.96. The minimum Gasteiger partial charge on any atom is -0.369 e. The number of amides is 1. The van der Waals surface area contributed by atoms with Gasteiger partial charge in [-0.1, -0.05) is 0 Å². The van der Waals surface area contributed by atoms with Crippen LogP contribution in [-0.2, 0) is 9.53 Å². The van der Waals surface area contributed by atoms with Crippen LogP contribution in [0.5, 0.6) is 0 Å². The Balaban J connectivity index is 1.66. The number of piperidine rings is 2. The summed E-state index contributed by atoms with van der Waals surface area (Å²) in [6, 6.07) is 4.98. The highest BCUT2D eigenvalue weighted by molar-refractivity contribution is 5.85.